The molecular formula is C26H25N5S. The Kier molecular flexibility index (Phi) is 5.23. The Balaban J connectivity index is 1.69. The van der Waals surface area contributed by atoms with Crippen LogP contribution in [0.2, 0.25) is 0 Å². The monoisotopic (exact) mass is 439 g/mol. The smallest absolute Gasteiger partial charge is 0.174 e. The number of benzene rings is 1. The molecule has 2 atom stereocenters. The molecule has 5 rings (SSSR count). The van der Waals surface area contributed by atoms with E-state index in [1.54, 1.807) is 6.20 Å². The molecule has 0 bridgehead atoms. The lowest BCUT2D eigenvalue weighted by Gasteiger charge is -2.28. The first-order valence-corrected chi connectivity index (χ1v) is 11.1. The molecule has 0 saturated carbocycles. The molecule has 0 unspecified atom stereocenters. The molecule has 0 amide bonds. The molecule has 0 spiro atoms. The molecule has 160 valence electrons. The van der Waals surface area contributed by atoms with Gasteiger partial charge in [0.2, 0.25) is 0 Å². The van der Waals surface area contributed by atoms with Crippen LogP contribution in [0.1, 0.15) is 40.3 Å². The van der Waals surface area contributed by atoms with Crippen molar-refractivity contribution >= 4 is 23.0 Å². The number of anilines is 1. The highest BCUT2D eigenvalue weighted by Crippen LogP contribution is 2.43. The zero-order valence-corrected chi connectivity index (χ0v) is 19.2. The summed E-state index contributed by atoms with van der Waals surface area (Å²) in [6, 6.07) is 20.7. The number of hydrogen-bond acceptors (Lipinski definition) is 3. The zero-order valence-electron chi connectivity index (χ0n) is 18.4. The molecule has 5 nitrogen and oxygen atoms in total. The van der Waals surface area contributed by atoms with Crippen LogP contribution in [0.4, 0.5) is 5.69 Å². The summed E-state index contributed by atoms with van der Waals surface area (Å²) in [4.78, 5) is 11.2. The zero-order chi connectivity index (χ0) is 22.2. The Morgan fingerprint density at radius 1 is 0.906 bits per heavy atom. The van der Waals surface area contributed by atoms with Crippen molar-refractivity contribution in [2.45, 2.75) is 32.9 Å². The summed E-state index contributed by atoms with van der Waals surface area (Å²) in [6.45, 7) is 6.41. The second kappa shape index (κ2) is 8.20. The number of nitrogens with zero attached hydrogens (tertiary/aromatic N) is 4. The number of aryl methyl sites for hydroxylation is 2. The second-order valence-electron chi connectivity index (χ2n) is 8.21. The largest absolute Gasteiger partial charge is 0.351 e. The van der Waals surface area contributed by atoms with Gasteiger partial charge in [0.25, 0.3) is 0 Å². The summed E-state index contributed by atoms with van der Waals surface area (Å²) < 4.78 is 2.26. The van der Waals surface area contributed by atoms with Crippen molar-refractivity contribution in [3.63, 3.8) is 0 Å². The van der Waals surface area contributed by atoms with Gasteiger partial charge in [-0.15, -0.1) is 0 Å². The van der Waals surface area contributed by atoms with E-state index in [-0.39, 0.29) is 12.1 Å². The van der Waals surface area contributed by atoms with Gasteiger partial charge >= 0.3 is 0 Å². The van der Waals surface area contributed by atoms with E-state index in [1.807, 2.05) is 30.6 Å². The lowest BCUT2D eigenvalue weighted by Crippen LogP contribution is -2.29. The van der Waals surface area contributed by atoms with Gasteiger partial charge in [0.1, 0.15) is 0 Å². The molecular weight excluding hydrogens is 414 g/mol. The molecule has 0 radical (unpaired) electrons. The number of thiocarbonyl (C=S) groups is 1. The molecule has 1 aromatic carbocycles. The standard InChI is InChI=1S/C26H25N5S/c1-17-8-6-9-20(14-17)31-25(24(29-26(31)32)23-11-4-5-13-28-23)22-15-18(2)30(19(22)3)21-10-7-12-27-16-21/h4-16,24-25H,1-3H3,(H,29,32)/t24-,25+/m1/s1. The maximum absolute atomic E-state index is 5.87. The highest BCUT2D eigenvalue weighted by Gasteiger charge is 2.42. The van der Waals surface area contributed by atoms with E-state index < -0.39 is 0 Å². The second-order valence-corrected chi connectivity index (χ2v) is 8.60. The normalized spacial score (nSPS) is 18.1. The summed E-state index contributed by atoms with van der Waals surface area (Å²) >= 11 is 5.87. The van der Waals surface area contributed by atoms with Crippen molar-refractivity contribution in [3.8, 4) is 5.69 Å². The lowest BCUT2D eigenvalue weighted by atomic mass is 9.96. The Labute approximate surface area is 193 Å². The fourth-order valence-electron chi connectivity index (χ4n) is 4.70. The first-order chi connectivity index (χ1) is 15.5. The van der Waals surface area contributed by atoms with Gasteiger partial charge < -0.3 is 14.8 Å². The van der Waals surface area contributed by atoms with Crippen molar-refractivity contribution in [3.05, 3.63) is 107 Å². The lowest BCUT2D eigenvalue weighted by molar-refractivity contribution is 0.565. The predicted octanol–water partition coefficient (Wildman–Crippen LogP) is 5.37. The molecule has 1 aliphatic rings. The molecule has 6 heteroatoms. The minimum atomic E-state index is -0.0629. The van der Waals surface area contributed by atoms with Gasteiger partial charge in [0.15, 0.2) is 5.11 Å². The molecule has 1 saturated heterocycles. The molecule has 1 aliphatic heterocycles. The van der Waals surface area contributed by atoms with Crippen LogP contribution in [0.25, 0.3) is 5.69 Å². The van der Waals surface area contributed by atoms with Crippen molar-refractivity contribution in [2.24, 2.45) is 0 Å². The van der Waals surface area contributed by atoms with Crippen LogP contribution in [0.5, 0.6) is 0 Å². The number of hydrogen-bond donors (Lipinski definition) is 1. The number of aromatic nitrogens is 3. The van der Waals surface area contributed by atoms with E-state index in [9.17, 15) is 0 Å². The van der Waals surface area contributed by atoms with Gasteiger partial charge in [0.05, 0.1) is 29.7 Å². The van der Waals surface area contributed by atoms with Crippen molar-refractivity contribution in [2.75, 3.05) is 4.90 Å². The van der Waals surface area contributed by atoms with Crippen LogP contribution in [0, 0.1) is 20.8 Å². The average molecular weight is 440 g/mol. The van der Waals surface area contributed by atoms with Crippen LogP contribution in [-0.2, 0) is 0 Å². The topological polar surface area (TPSA) is 46.0 Å². The minimum Gasteiger partial charge on any atom is -0.351 e. The Hall–Kier alpha value is -3.51. The summed E-state index contributed by atoms with van der Waals surface area (Å²) in [5.74, 6) is 0. The summed E-state index contributed by atoms with van der Waals surface area (Å²) in [5, 5.41) is 4.27. The Morgan fingerprint density at radius 2 is 1.75 bits per heavy atom. The summed E-state index contributed by atoms with van der Waals surface area (Å²) in [7, 11) is 0. The van der Waals surface area contributed by atoms with Crippen LogP contribution >= 0.6 is 12.2 Å². The van der Waals surface area contributed by atoms with Crippen LogP contribution in [-0.4, -0.2) is 19.6 Å². The third-order valence-electron chi connectivity index (χ3n) is 6.07. The van der Waals surface area contributed by atoms with Gasteiger partial charge in [-0.1, -0.05) is 18.2 Å². The maximum Gasteiger partial charge on any atom is 0.174 e. The van der Waals surface area contributed by atoms with Gasteiger partial charge in [-0.25, -0.2) is 0 Å². The van der Waals surface area contributed by atoms with E-state index in [1.165, 1.54) is 16.8 Å². The Bertz CT molecular complexity index is 1270. The van der Waals surface area contributed by atoms with Crippen molar-refractivity contribution in [1.29, 1.82) is 0 Å². The number of pyridine rings is 2. The quantitative estimate of drug-likeness (QED) is 0.433. The molecule has 1 N–H and O–H groups in total. The Morgan fingerprint density at radius 3 is 2.47 bits per heavy atom. The molecule has 1 fully saturated rings. The number of rotatable bonds is 4. The van der Waals surface area contributed by atoms with E-state index in [0.29, 0.717) is 5.11 Å². The van der Waals surface area contributed by atoms with Crippen LogP contribution in [0.15, 0.2) is 79.3 Å². The van der Waals surface area contributed by atoms with E-state index in [2.05, 4.69) is 88.0 Å². The fraction of sp³-hybridized carbons (Fsp3) is 0.192. The third-order valence-corrected chi connectivity index (χ3v) is 6.39. The first-order valence-electron chi connectivity index (χ1n) is 10.7. The van der Waals surface area contributed by atoms with Gasteiger partial charge in [-0.2, -0.15) is 0 Å². The summed E-state index contributed by atoms with van der Waals surface area (Å²) in [6.07, 6.45) is 5.54. The van der Waals surface area contributed by atoms with Gasteiger partial charge in [0, 0.05) is 29.5 Å². The highest BCUT2D eigenvalue weighted by atomic mass is 32.1. The van der Waals surface area contributed by atoms with E-state index >= 15 is 0 Å². The van der Waals surface area contributed by atoms with Crippen LogP contribution < -0.4 is 10.2 Å². The van der Waals surface area contributed by atoms with Gasteiger partial charge in [-0.3, -0.25) is 9.97 Å². The SMILES string of the molecule is Cc1cccc(N2C(=S)N[C@H](c3ccccn3)[C@@H]2c2cc(C)n(-c3cccnc3)c2C)c1. The van der Waals surface area contributed by atoms with E-state index in [0.717, 1.165) is 22.8 Å². The van der Waals surface area contributed by atoms with Crippen molar-refractivity contribution < 1.29 is 0 Å². The molecule has 0 aliphatic carbocycles. The van der Waals surface area contributed by atoms with E-state index in [4.69, 9.17) is 12.2 Å². The minimum absolute atomic E-state index is 0.0316. The molecule has 32 heavy (non-hydrogen) atoms. The van der Waals surface area contributed by atoms with Gasteiger partial charge in [-0.05, 0) is 86.6 Å². The van der Waals surface area contributed by atoms with Crippen LogP contribution in [0.3, 0.4) is 0 Å². The maximum atomic E-state index is 5.87. The predicted molar refractivity (Wildman–Crippen MR) is 132 cm³/mol. The van der Waals surface area contributed by atoms with Crippen molar-refractivity contribution in [1.82, 2.24) is 19.9 Å². The molecule has 4 aromatic rings. The molecule has 4 heterocycles. The highest BCUT2D eigenvalue weighted by molar-refractivity contribution is 7.80. The number of nitrogens with one attached hydrogen (secondary N) is 1. The fourth-order valence-corrected chi connectivity index (χ4v) is 5.04. The molecule has 3 aromatic heterocycles. The average Bonchev–Trinajstić information content (AvgIpc) is 3.30. The third kappa shape index (κ3) is 3.46. The summed E-state index contributed by atoms with van der Waals surface area (Å²) in [5.41, 5.74) is 7.86. The first kappa shape index (κ1) is 20.4.